The second-order valence-corrected chi connectivity index (χ2v) is 5.84. The molecule has 0 aromatic heterocycles. The Bertz CT molecular complexity index is 601. The van der Waals surface area contributed by atoms with E-state index in [4.69, 9.17) is 9.84 Å². The summed E-state index contributed by atoms with van der Waals surface area (Å²) in [4.78, 5) is 11.8. The first-order valence-electron chi connectivity index (χ1n) is 8.08. The molecule has 0 bridgehead atoms. The number of aliphatic hydroxyl groups is 1. The lowest BCUT2D eigenvalue weighted by Gasteiger charge is -2.09. The van der Waals surface area contributed by atoms with Crippen LogP contribution in [0.5, 0.6) is 11.5 Å². The minimum atomic E-state index is -0.428. The molecule has 0 fully saturated rings. The Labute approximate surface area is 143 Å². The predicted octanol–water partition coefficient (Wildman–Crippen LogP) is 3.19. The number of nitrogens with one attached hydrogen (secondary N) is 1. The Morgan fingerprint density at radius 3 is 2.62 bits per heavy atom. The number of hydrogen-bond donors (Lipinski definition) is 3. The summed E-state index contributed by atoms with van der Waals surface area (Å²) in [6.07, 6.45) is 6.22. The van der Waals surface area contributed by atoms with Gasteiger partial charge < -0.3 is 20.3 Å². The zero-order chi connectivity index (χ0) is 17.9. The van der Waals surface area contributed by atoms with Crippen LogP contribution in [0.2, 0.25) is 0 Å². The third kappa shape index (κ3) is 7.33. The van der Waals surface area contributed by atoms with E-state index in [2.05, 4.69) is 32.2 Å². The molecule has 0 saturated heterocycles. The van der Waals surface area contributed by atoms with E-state index in [1.54, 1.807) is 6.07 Å². The van der Waals surface area contributed by atoms with E-state index in [-0.39, 0.29) is 24.5 Å². The maximum atomic E-state index is 11.8. The maximum absolute atomic E-state index is 11.8. The second kappa shape index (κ2) is 10.5. The molecule has 1 amide bonds. The average Bonchev–Trinajstić information content (AvgIpc) is 2.52. The Morgan fingerprint density at radius 1 is 1.25 bits per heavy atom. The van der Waals surface area contributed by atoms with Gasteiger partial charge in [0.25, 0.3) is 5.91 Å². The topological polar surface area (TPSA) is 78.8 Å². The number of carbonyl (C=O) groups excluding carboxylic acids is 1. The summed E-state index contributed by atoms with van der Waals surface area (Å²) in [5.41, 5.74) is 2.72. The van der Waals surface area contributed by atoms with Gasteiger partial charge in [0, 0.05) is 12.6 Å². The van der Waals surface area contributed by atoms with Crippen molar-refractivity contribution in [1.82, 2.24) is 5.32 Å². The van der Waals surface area contributed by atoms with Gasteiger partial charge in [0.2, 0.25) is 0 Å². The van der Waals surface area contributed by atoms with E-state index in [0.29, 0.717) is 12.4 Å². The number of phenolic OH excluding ortho intramolecular Hbond substituents is 1. The summed E-state index contributed by atoms with van der Waals surface area (Å²) in [6, 6.07) is 4.56. The fourth-order valence-corrected chi connectivity index (χ4v) is 2.03. The van der Waals surface area contributed by atoms with Crippen LogP contribution in [0.4, 0.5) is 0 Å². The first-order valence-corrected chi connectivity index (χ1v) is 8.08. The molecule has 0 aliphatic heterocycles. The molecule has 0 aliphatic rings. The molecule has 132 valence electrons. The van der Waals surface area contributed by atoms with E-state index >= 15 is 0 Å². The number of benzene rings is 1. The van der Waals surface area contributed by atoms with Crippen molar-refractivity contribution < 1.29 is 19.7 Å². The number of allylic oxidation sites excluding steroid dienone is 3. The first-order chi connectivity index (χ1) is 11.4. The standard InChI is InChI=1S/C19H27NO4/c1-14(2)5-4-6-15(3)9-12-24-16-7-8-17(18(22)13-16)19(23)20-10-11-21/h5,7-9,13,21-22H,4,6,10-12H2,1-3H3,(H,20,23)/b15-9+. The molecule has 24 heavy (non-hydrogen) atoms. The molecule has 0 saturated carbocycles. The molecule has 0 atom stereocenters. The molecule has 0 spiro atoms. The molecule has 0 unspecified atom stereocenters. The number of amides is 1. The van der Waals surface area contributed by atoms with Crippen molar-refractivity contribution in [3.05, 3.63) is 47.1 Å². The van der Waals surface area contributed by atoms with Crippen molar-refractivity contribution in [3.8, 4) is 11.5 Å². The number of rotatable bonds is 9. The molecule has 5 heteroatoms. The van der Waals surface area contributed by atoms with Gasteiger partial charge in [-0.2, -0.15) is 0 Å². The van der Waals surface area contributed by atoms with Crippen LogP contribution in [0.15, 0.2) is 41.5 Å². The van der Waals surface area contributed by atoms with Crippen molar-refractivity contribution in [2.45, 2.75) is 33.6 Å². The number of hydrogen-bond acceptors (Lipinski definition) is 4. The molecule has 3 N–H and O–H groups in total. The highest BCUT2D eigenvalue weighted by Crippen LogP contribution is 2.23. The van der Waals surface area contributed by atoms with Crippen LogP contribution in [0, 0.1) is 0 Å². The molecule has 0 heterocycles. The van der Waals surface area contributed by atoms with Crippen LogP contribution in [0.3, 0.4) is 0 Å². The number of aromatic hydroxyl groups is 1. The van der Waals surface area contributed by atoms with Crippen LogP contribution < -0.4 is 10.1 Å². The summed E-state index contributed by atoms with van der Waals surface area (Å²) in [5, 5.41) is 21.1. The van der Waals surface area contributed by atoms with Gasteiger partial charge in [-0.25, -0.2) is 0 Å². The fraction of sp³-hybridized carbons (Fsp3) is 0.421. The molecule has 0 radical (unpaired) electrons. The molecule has 1 aromatic carbocycles. The smallest absolute Gasteiger partial charge is 0.255 e. The Kier molecular flexibility index (Phi) is 8.65. The van der Waals surface area contributed by atoms with Crippen molar-refractivity contribution in [3.63, 3.8) is 0 Å². The molecular formula is C19H27NO4. The molecule has 0 aliphatic carbocycles. The van der Waals surface area contributed by atoms with Gasteiger partial charge in [-0.3, -0.25) is 4.79 Å². The third-order valence-electron chi connectivity index (χ3n) is 3.38. The van der Waals surface area contributed by atoms with Crippen molar-refractivity contribution in [2.24, 2.45) is 0 Å². The largest absolute Gasteiger partial charge is 0.507 e. The SMILES string of the molecule is CC(C)=CCC/C(C)=C/COc1ccc(C(=O)NCCO)c(O)c1. The first kappa shape index (κ1) is 19.8. The van der Waals surface area contributed by atoms with Crippen LogP contribution >= 0.6 is 0 Å². The molecule has 5 nitrogen and oxygen atoms in total. The van der Waals surface area contributed by atoms with E-state index < -0.39 is 5.91 Å². The van der Waals surface area contributed by atoms with Crippen LogP contribution in [-0.4, -0.2) is 35.9 Å². The number of aliphatic hydroxyl groups excluding tert-OH is 1. The number of carbonyl (C=O) groups is 1. The summed E-state index contributed by atoms with van der Waals surface area (Å²) < 4.78 is 5.58. The fourth-order valence-electron chi connectivity index (χ4n) is 2.03. The lowest BCUT2D eigenvalue weighted by molar-refractivity contribution is 0.0942. The number of phenols is 1. The van der Waals surface area contributed by atoms with E-state index in [1.165, 1.54) is 23.3 Å². The highest BCUT2D eigenvalue weighted by molar-refractivity contribution is 5.96. The maximum Gasteiger partial charge on any atom is 0.255 e. The van der Waals surface area contributed by atoms with E-state index in [9.17, 15) is 9.90 Å². The van der Waals surface area contributed by atoms with Gasteiger partial charge in [0.1, 0.15) is 18.1 Å². The Morgan fingerprint density at radius 2 is 2.00 bits per heavy atom. The predicted molar refractivity (Wildman–Crippen MR) is 95.4 cm³/mol. The minimum absolute atomic E-state index is 0.146. The lowest BCUT2D eigenvalue weighted by Crippen LogP contribution is -2.26. The summed E-state index contributed by atoms with van der Waals surface area (Å²) in [6.45, 7) is 6.65. The van der Waals surface area contributed by atoms with Crippen LogP contribution in [-0.2, 0) is 0 Å². The van der Waals surface area contributed by atoms with Gasteiger partial charge in [-0.05, 0) is 51.8 Å². The van der Waals surface area contributed by atoms with Gasteiger partial charge in [-0.15, -0.1) is 0 Å². The van der Waals surface area contributed by atoms with Crippen molar-refractivity contribution >= 4 is 5.91 Å². The highest BCUT2D eigenvalue weighted by atomic mass is 16.5. The lowest BCUT2D eigenvalue weighted by atomic mass is 10.1. The zero-order valence-corrected chi connectivity index (χ0v) is 14.6. The molecular weight excluding hydrogens is 306 g/mol. The highest BCUT2D eigenvalue weighted by Gasteiger charge is 2.11. The average molecular weight is 333 g/mol. The Hall–Kier alpha value is -2.27. The van der Waals surface area contributed by atoms with Crippen molar-refractivity contribution in [2.75, 3.05) is 19.8 Å². The third-order valence-corrected chi connectivity index (χ3v) is 3.38. The zero-order valence-electron chi connectivity index (χ0n) is 14.6. The molecule has 1 rings (SSSR count). The second-order valence-electron chi connectivity index (χ2n) is 5.84. The molecule has 1 aromatic rings. The number of ether oxygens (including phenoxy) is 1. The van der Waals surface area contributed by atoms with Crippen LogP contribution in [0.25, 0.3) is 0 Å². The van der Waals surface area contributed by atoms with Gasteiger partial charge in [0.15, 0.2) is 0 Å². The van der Waals surface area contributed by atoms with Gasteiger partial charge in [-0.1, -0.05) is 17.2 Å². The monoisotopic (exact) mass is 333 g/mol. The summed E-state index contributed by atoms with van der Waals surface area (Å²) >= 11 is 0. The minimum Gasteiger partial charge on any atom is -0.507 e. The van der Waals surface area contributed by atoms with E-state index in [1.807, 2.05) is 6.08 Å². The van der Waals surface area contributed by atoms with Gasteiger partial charge in [0.05, 0.1) is 12.2 Å². The van der Waals surface area contributed by atoms with Crippen LogP contribution in [0.1, 0.15) is 44.0 Å². The van der Waals surface area contributed by atoms with E-state index in [0.717, 1.165) is 12.8 Å². The quantitative estimate of drug-likeness (QED) is 0.607. The van der Waals surface area contributed by atoms with Crippen molar-refractivity contribution in [1.29, 1.82) is 0 Å². The summed E-state index contributed by atoms with van der Waals surface area (Å²) in [7, 11) is 0. The van der Waals surface area contributed by atoms with Gasteiger partial charge >= 0.3 is 0 Å². The summed E-state index contributed by atoms with van der Waals surface area (Å²) in [5.74, 6) is -0.0742. The Balaban J connectivity index is 2.53. The normalized spacial score (nSPS) is 11.1.